The number of amides is 1. The Bertz CT molecular complexity index is 1100. The Morgan fingerprint density at radius 2 is 2.11 bits per heavy atom. The van der Waals surface area contributed by atoms with Gasteiger partial charge in [-0.15, -0.1) is 0 Å². The van der Waals surface area contributed by atoms with Crippen LogP contribution in [0.15, 0.2) is 53.2 Å². The third-order valence-electron chi connectivity index (χ3n) is 4.27. The summed E-state index contributed by atoms with van der Waals surface area (Å²) in [6.07, 6.45) is 0.735. The molecular formula is C20H18N4O2S. The fourth-order valence-electron chi connectivity index (χ4n) is 2.89. The van der Waals surface area contributed by atoms with E-state index in [4.69, 9.17) is 4.74 Å². The van der Waals surface area contributed by atoms with Crippen LogP contribution < -0.4 is 10.1 Å². The van der Waals surface area contributed by atoms with E-state index in [1.165, 1.54) is 0 Å². The maximum Gasteiger partial charge on any atom is 0.274 e. The van der Waals surface area contributed by atoms with Crippen LogP contribution in [0.5, 0.6) is 5.75 Å². The molecule has 0 saturated carbocycles. The molecule has 0 radical (unpaired) electrons. The first-order valence-electron chi connectivity index (χ1n) is 8.56. The number of benzene rings is 1. The second-order valence-electron chi connectivity index (χ2n) is 5.95. The zero-order valence-electron chi connectivity index (χ0n) is 15.0. The van der Waals surface area contributed by atoms with E-state index in [-0.39, 0.29) is 5.91 Å². The van der Waals surface area contributed by atoms with E-state index in [0.29, 0.717) is 22.8 Å². The maximum absolute atomic E-state index is 12.8. The van der Waals surface area contributed by atoms with E-state index in [1.807, 2.05) is 41.9 Å². The lowest BCUT2D eigenvalue weighted by Gasteiger charge is -2.10. The average molecular weight is 378 g/mol. The highest BCUT2D eigenvalue weighted by Crippen LogP contribution is 2.25. The number of methoxy groups -OCH3 is 1. The van der Waals surface area contributed by atoms with Gasteiger partial charge < -0.3 is 10.1 Å². The Labute approximate surface area is 160 Å². The molecule has 1 aromatic carbocycles. The Balaban J connectivity index is 1.72. The number of ether oxygens (including phenoxy) is 1. The third kappa shape index (κ3) is 3.29. The second-order valence-corrected chi connectivity index (χ2v) is 6.73. The lowest BCUT2D eigenvalue weighted by molar-refractivity contribution is 0.102. The highest BCUT2D eigenvalue weighted by molar-refractivity contribution is 7.08. The number of hydrogen-bond donors (Lipinski definition) is 1. The van der Waals surface area contributed by atoms with Crippen LogP contribution in [0, 0.1) is 0 Å². The number of aromatic nitrogens is 3. The maximum atomic E-state index is 12.8. The standard InChI is InChI=1S/C20H18N4O2S/c1-3-14-10-17(20(25)22-15-6-4-5-7-18(15)26-2)21-19-11-16(23-24(14)19)13-8-9-27-12-13/h4-12H,3H2,1-2H3,(H,22,25). The van der Waals surface area contributed by atoms with E-state index >= 15 is 0 Å². The minimum Gasteiger partial charge on any atom is -0.495 e. The molecule has 0 fully saturated rings. The molecule has 1 N–H and O–H groups in total. The van der Waals surface area contributed by atoms with Gasteiger partial charge in [0.2, 0.25) is 0 Å². The molecule has 3 heterocycles. The van der Waals surface area contributed by atoms with E-state index in [2.05, 4.69) is 15.4 Å². The Hall–Kier alpha value is -3.19. The van der Waals surface area contributed by atoms with Crippen LogP contribution in [0.1, 0.15) is 23.1 Å². The molecule has 27 heavy (non-hydrogen) atoms. The Kier molecular flexibility index (Phi) is 4.60. The van der Waals surface area contributed by atoms with Crippen molar-refractivity contribution < 1.29 is 9.53 Å². The first-order valence-corrected chi connectivity index (χ1v) is 9.50. The number of nitrogens with one attached hydrogen (secondary N) is 1. The van der Waals surface area contributed by atoms with Gasteiger partial charge in [0.25, 0.3) is 5.91 Å². The van der Waals surface area contributed by atoms with Gasteiger partial charge in [-0.05, 0) is 36.1 Å². The van der Waals surface area contributed by atoms with Gasteiger partial charge in [0, 0.05) is 22.7 Å². The van der Waals surface area contributed by atoms with Gasteiger partial charge in [0.05, 0.1) is 18.5 Å². The molecule has 6 nitrogen and oxygen atoms in total. The van der Waals surface area contributed by atoms with Crippen LogP contribution in [-0.2, 0) is 6.42 Å². The van der Waals surface area contributed by atoms with Crippen LogP contribution in [0.3, 0.4) is 0 Å². The van der Waals surface area contributed by atoms with E-state index in [0.717, 1.165) is 23.4 Å². The van der Waals surface area contributed by atoms with Crippen LogP contribution >= 0.6 is 11.3 Å². The molecule has 1 amide bonds. The van der Waals surface area contributed by atoms with Crippen molar-refractivity contribution in [3.05, 3.63) is 64.6 Å². The number of para-hydroxylation sites is 2. The van der Waals surface area contributed by atoms with Gasteiger partial charge >= 0.3 is 0 Å². The summed E-state index contributed by atoms with van der Waals surface area (Å²) in [5.74, 6) is 0.321. The number of thiophene rings is 1. The fraction of sp³-hybridized carbons (Fsp3) is 0.150. The SMILES string of the molecule is CCc1cc(C(=O)Nc2ccccc2OC)nc2cc(-c3ccsc3)nn12. The lowest BCUT2D eigenvalue weighted by Crippen LogP contribution is -2.16. The second kappa shape index (κ2) is 7.20. The molecule has 4 aromatic rings. The van der Waals surface area contributed by atoms with E-state index in [9.17, 15) is 4.79 Å². The lowest BCUT2D eigenvalue weighted by atomic mass is 10.2. The molecule has 0 spiro atoms. The molecule has 0 aliphatic rings. The van der Waals surface area contributed by atoms with E-state index < -0.39 is 0 Å². The zero-order chi connectivity index (χ0) is 18.8. The summed E-state index contributed by atoms with van der Waals surface area (Å²) in [5, 5.41) is 11.6. The highest BCUT2D eigenvalue weighted by atomic mass is 32.1. The van der Waals surface area contributed by atoms with Crippen LogP contribution in [0.25, 0.3) is 16.9 Å². The van der Waals surface area contributed by atoms with Gasteiger partial charge in [-0.25, -0.2) is 9.50 Å². The predicted octanol–water partition coefficient (Wildman–Crippen LogP) is 4.28. The summed E-state index contributed by atoms with van der Waals surface area (Å²) in [7, 11) is 1.57. The van der Waals surface area contributed by atoms with Crippen molar-refractivity contribution in [3.63, 3.8) is 0 Å². The van der Waals surface area contributed by atoms with Gasteiger partial charge in [-0.3, -0.25) is 4.79 Å². The van der Waals surface area contributed by atoms with Crippen molar-refractivity contribution in [1.29, 1.82) is 0 Å². The van der Waals surface area contributed by atoms with Gasteiger partial charge in [0.1, 0.15) is 11.4 Å². The summed E-state index contributed by atoms with van der Waals surface area (Å²) < 4.78 is 7.09. The molecule has 7 heteroatoms. The van der Waals surface area contributed by atoms with Crippen molar-refractivity contribution in [1.82, 2.24) is 14.6 Å². The van der Waals surface area contributed by atoms with Crippen molar-refractivity contribution >= 4 is 28.6 Å². The average Bonchev–Trinajstić information content (AvgIpc) is 3.36. The molecule has 0 saturated heterocycles. The molecular weight excluding hydrogens is 360 g/mol. The molecule has 0 aliphatic carbocycles. The molecule has 0 atom stereocenters. The van der Waals surface area contributed by atoms with Gasteiger partial charge in [-0.2, -0.15) is 16.4 Å². The number of aryl methyl sites for hydroxylation is 1. The highest BCUT2D eigenvalue weighted by Gasteiger charge is 2.16. The van der Waals surface area contributed by atoms with Crippen molar-refractivity contribution in [2.45, 2.75) is 13.3 Å². The minimum absolute atomic E-state index is 0.282. The third-order valence-corrected chi connectivity index (χ3v) is 4.95. The largest absolute Gasteiger partial charge is 0.495 e. The summed E-state index contributed by atoms with van der Waals surface area (Å²) in [4.78, 5) is 17.3. The molecule has 3 aromatic heterocycles. The number of carbonyl (C=O) groups is 1. The number of hydrogen-bond acceptors (Lipinski definition) is 5. The number of carbonyl (C=O) groups excluding carboxylic acids is 1. The first kappa shape index (κ1) is 17.2. The smallest absolute Gasteiger partial charge is 0.274 e. The first-order chi connectivity index (χ1) is 13.2. The van der Waals surface area contributed by atoms with Crippen LogP contribution in [0.2, 0.25) is 0 Å². The molecule has 4 rings (SSSR count). The monoisotopic (exact) mass is 378 g/mol. The van der Waals surface area contributed by atoms with E-state index in [1.54, 1.807) is 41.2 Å². The Morgan fingerprint density at radius 1 is 1.26 bits per heavy atom. The van der Waals surface area contributed by atoms with Crippen molar-refractivity contribution in [2.75, 3.05) is 12.4 Å². The molecule has 0 unspecified atom stereocenters. The summed E-state index contributed by atoms with van der Waals surface area (Å²) in [6, 6.07) is 13.0. The Morgan fingerprint density at radius 3 is 2.85 bits per heavy atom. The number of fused-ring (bicyclic) bond motifs is 1. The van der Waals surface area contributed by atoms with Crippen molar-refractivity contribution in [3.8, 4) is 17.0 Å². The summed E-state index contributed by atoms with van der Waals surface area (Å²) in [5.41, 5.74) is 4.43. The number of rotatable bonds is 5. The number of anilines is 1. The summed E-state index contributed by atoms with van der Waals surface area (Å²) >= 11 is 1.62. The van der Waals surface area contributed by atoms with Crippen LogP contribution in [-0.4, -0.2) is 27.6 Å². The topological polar surface area (TPSA) is 68.5 Å². The van der Waals surface area contributed by atoms with Gasteiger partial charge in [0.15, 0.2) is 5.65 Å². The normalized spacial score (nSPS) is 10.9. The van der Waals surface area contributed by atoms with Crippen molar-refractivity contribution in [2.24, 2.45) is 0 Å². The quantitative estimate of drug-likeness (QED) is 0.563. The molecule has 0 bridgehead atoms. The van der Waals surface area contributed by atoms with Crippen LogP contribution in [0.4, 0.5) is 5.69 Å². The predicted molar refractivity (Wildman–Crippen MR) is 107 cm³/mol. The minimum atomic E-state index is -0.282. The molecule has 0 aliphatic heterocycles. The molecule has 136 valence electrons. The van der Waals surface area contributed by atoms with Gasteiger partial charge in [-0.1, -0.05) is 19.1 Å². The fourth-order valence-corrected chi connectivity index (χ4v) is 3.54. The number of nitrogens with zero attached hydrogens (tertiary/aromatic N) is 3. The zero-order valence-corrected chi connectivity index (χ0v) is 15.8. The summed E-state index contributed by atoms with van der Waals surface area (Å²) in [6.45, 7) is 2.03.